The Kier molecular flexibility index (Phi) is 2.50. The Bertz CT molecular complexity index is 430. The normalized spacial score (nSPS) is 22.4. The van der Waals surface area contributed by atoms with Crippen LogP contribution in [-0.4, -0.2) is 23.7 Å². The molecule has 4 heteroatoms. The van der Waals surface area contributed by atoms with Crippen LogP contribution in [0.4, 0.5) is 5.69 Å². The van der Waals surface area contributed by atoms with Crippen molar-refractivity contribution in [3.63, 3.8) is 0 Å². The molecule has 0 radical (unpaired) electrons. The second-order valence-corrected chi connectivity index (χ2v) is 4.07. The minimum atomic E-state index is -0.852. The van der Waals surface area contributed by atoms with E-state index in [4.69, 9.17) is 4.74 Å². The second kappa shape index (κ2) is 3.70. The summed E-state index contributed by atoms with van der Waals surface area (Å²) < 4.78 is 5.13. The lowest BCUT2D eigenvalue weighted by atomic mass is 9.92. The quantitative estimate of drug-likeness (QED) is 0.818. The van der Waals surface area contributed by atoms with E-state index in [9.17, 15) is 9.90 Å². The van der Waals surface area contributed by atoms with Gasteiger partial charge < -0.3 is 15.2 Å². The highest BCUT2D eigenvalue weighted by molar-refractivity contribution is 5.86. The fraction of sp³-hybridized carbons (Fsp3) is 0.417. The highest BCUT2D eigenvalue weighted by Gasteiger charge is 2.42. The Morgan fingerprint density at radius 2 is 2.38 bits per heavy atom. The molecule has 1 aromatic rings. The van der Waals surface area contributed by atoms with Crippen molar-refractivity contribution in [2.45, 2.75) is 25.3 Å². The molecule has 1 aliphatic rings. The molecule has 0 saturated carbocycles. The van der Waals surface area contributed by atoms with E-state index in [1.807, 2.05) is 25.1 Å². The van der Waals surface area contributed by atoms with Gasteiger partial charge in [0, 0.05) is 12.1 Å². The molecule has 0 fully saturated rings. The number of carboxylic acid groups (broad SMARTS) is 1. The first kappa shape index (κ1) is 10.8. The summed E-state index contributed by atoms with van der Waals surface area (Å²) in [6, 6.07) is 5.59. The standard InChI is InChI=1S/C12H15NO3/c1-3-12(11(14)15)7-8-6-9(16-2)4-5-10(8)13-12/h4-6,13H,3,7H2,1-2H3,(H,14,15). The number of nitrogens with one attached hydrogen (secondary N) is 1. The van der Waals surface area contributed by atoms with Gasteiger partial charge in [-0.25, -0.2) is 4.79 Å². The fourth-order valence-corrected chi connectivity index (χ4v) is 2.09. The predicted octanol–water partition coefficient (Wildman–Crippen LogP) is 1.90. The Labute approximate surface area is 94.2 Å². The van der Waals surface area contributed by atoms with Crippen LogP contribution in [0.2, 0.25) is 0 Å². The van der Waals surface area contributed by atoms with Crippen molar-refractivity contribution in [3.05, 3.63) is 23.8 Å². The van der Waals surface area contributed by atoms with Crippen LogP contribution in [0.5, 0.6) is 5.75 Å². The molecule has 0 aliphatic carbocycles. The molecule has 16 heavy (non-hydrogen) atoms. The molecule has 1 atom stereocenters. The zero-order chi connectivity index (χ0) is 11.8. The van der Waals surface area contributed by atoms with Crippen LogP contribution >= 0.6 is 0 Å². The highest BCUT2D eigenvalue weighted by atomic mass is 16.5. The van der Waals surface area contributed by atoms with Gasteiger partial charge in [-0.1, -0.05) is 6.92 Å². The Morgan fingerprint density at radius 1 is 1.62 bits per heavy atom. The van der Waals surface area contributed by atoms with Crippen molar-refractivity contribution in [2.75, 3.05) is 12.4 Å². The second-order valence-electron chi connectivity index (χ2n) is 4.07. The molecule has 0 aromatic heterocycles. The van der Waals surface area contributed by atoms with Gasteiger partial charge in [0.15, 0.2) is 0 Å². The number of anilines is 1. The molecule has 0 amide bonds. The zero-order valence-electron chi connectivity index (χ0n) is 9.41. The van der Waals surface area contributed by atoms with Crippen LogP contribution in [0, 0.1) is 0 Å². The maximum absolute atomic E-state index is 11.3. The van der Waals surface area contributed by atoms with Gasteiger partial charge in [0.25, 0.3) is 0 Å². The number of hydrogen-bond donors (Lipinski definition) is 2. The third kappa shape index (κ3) is 1.50. The zero-order valence-corrected chi connectivity index (χ0v) is 9.41. The van der Waals surface area contributed by atoms with Crippen molar-refractivity contribution >= 4 is 11.7 Å². The van der Waals surface area contributed by atoms with E-state index >= 15 is 0 Å². The summed E-state index contributed by atoms with van der Waals surface area (Å²) in [4.78, 5) is 11.3. The van der Waals surface area contributed by atoms with Gasteiger partial charge in [-0.15, -0.1) is 0 Å². The molecule has 86 valence electrons. The fourth-order valence-electron chi connectivity index (χ4n) is 2.09. The number of benzene rings is 1. The lowest BCUT2D eigenvalue weighted by Crippen LogP contribution is -2.44. The molecule has 2 N–H and O–H groups in total. The van der Waals surface area contributed by atoms with Crippen LogP contribution in [-0.2, 0) is 11.2 Å². The molecular formula is C12H15NO3. The van der Waals surface area contributed by atoms with Gasteiger partial charge in [-0.05, 0) is 30.2 Å². The van der Waals surface area contributed by atoms with E-state index in [-0.39, 0.29) is 0 Å². The molecule has 0 bridgehead atoms. The van der Waals surface area contributed by atoms with E-state index in [0.717, 1.165) is 17.0 Å². The summed E-state index contributed by atoms with van der Waals surface area (Å²) in [6.07, 6.45) is 1.06. The van der Waals surface area contributed by atoms with Crippen LogP contribution in [0.25, 0.3) is 0 Å². The third-order valence-electron chi connectivity index (χ3n) is 3.19. The average molecular weight is 221 g/mol. The first-order valence-electron chi connectivity index (χ1n) is 5.30. The summed E-state index contributed by atoms with van der Waals surface area (Å²) in [5, 5.41) is 12.4. The molecule has 4 nitrogen and oxygen atoms in total. The summed E-state index contributed by atoms with van der Waals surface area (Å²) in [5.74, 6) is -0.0389. The molecule has 1 heterocycles. The molecule has 1 aromatic carbocycles. The summed E-state index contributed by atoms with van der Waals surface area (Å²) in [7, 11) is 1.61. The van der Waals surface area contributed by atoms with E-state index in [2.05, 4.69) is 5.32 Å². The monoisotopic (exact) mass is 221 g/mol. The number of ether oxygens (including phenoxy) is 1. The molecule has 0 saturated heterocycles. The largest absolute Gasteiger partial charge is 0.497 e. The number of methoxy groups -OCH3 is 1. The number of aliphatic carboxylic acids is 1. The van der Waals surface area contributed by atoms with Crippen LogP contribution in [0.1, 0.15) is 18.9 Å². The number of fused-ring (bicyclic) bond motifs is 1. The van der Waals surface area contributed by atoms with E-state index in [0.29, 0.717) is 12.8 Å². The van der Waals surface area contributed by atoms with Crippen molar-refractivity contribution in [1.29, 1.82) is 0 Å². The number of carboxylic acids is 1. The van der Waals surface area contributed by atoms with Crippen molar-refractivity contribution in [2.24, 2.45) is 0 Å². The minimum Gasteiger partial charge on any atom is -0.497 e. The highest BCUT2D eigenvalue weighted by Crippen LogP contribution is 2.36. The van der Waals surface area contributed by atoms with Crippen LogP contribution < -0.4 is 10.1 Å². The number of hydrogen-bond acceptors (Lipinski definition) is 3. The first-order chi connectivity index (χ1) is 7.61. The molecule has 2 rings (SSSR count). The minimum absolute atomic E-state index is 0.505. The summed E-state index contributed by atoms with van der Waals surface area (Å²) in [5.41, 5.74) is 1.04. The molecule has 1 aliphatic heterocycles. The topological polar surface area (TPSA) is 58.6 Å². The van der Waals surface area contributed by atoms with Crippen molar-refractivity contribution in [1.82, 2.24) is 0 Å². The Balaban J connectivity index is 2.36. The Morgan fingerprint density at radius 3 is 2.94 bits per heavy atom. The predicted molar refractivity (Wildman–Crippen MR) is 61.0 cm³/mol. The maximum Gasteiger partial charge on any atom is 0.329 e. The van der Waals surface area contributed by atoms with Gasteiger partial charge in [0.1, 0.15) is 11.3 Å². The summed E-state index contributed by atoms with van der Waals surface area (Å²) >= 11 is 0. The SMILES string of the molecule is CCC1(C(=O)O)Cc2cc(OC)ccc2N1. The smallest absolute Gasteiger partial charge is 0.329 e. The van der Waals surface area contributed by atoms with Gasteiger partial charge >= 0.3 is 5.97 Å². The van der Waals surface area contributed by atoms with Gasteiger partial charge in [-0.2, -0.15) is 0 Å². The van der Waals surface area contributed by atoms with E-state index in [1.165, 1.54) is 0 Å². The molecular weight excluding hydrogens is 206 g/mol. The number of rotatable bonds is 3. The first-order valence-corrected chi connectivity index (χ1v) is 5.30. The lowest BCUT2D eigenvalue weighted by Gasteiger charge is -2.23. The van der Waals surface area contributed by atoms with E-state index < -0.39 is 11.5 Å². The number of carbonyl (C=O) groups is 1. The van der Waals surface area contributed by atoms with Gasteiger partial charge in [0.2, 0.25) is 0 Å². The van der Waals surface area contributed by atoms with Crippen LogP contribution in [0.3, 0.4) is 0 Å². The summed E-state index contributed by atoms with van der Waals surface area (Å²) in [6.45, 7) is 1.88. The van der Waals surface area contributed by atoms with Crippen molar-refractivity contribution in [3.8, 4) is 5.75 Å². The molecule has 0 spiro atoms. The van der Waals surface area contributed by atoms with Crippen LogP contribution in [0.15, 0.2) is 18.2 Å². The van der Waals surface area contributed by atoms with Gasteiger partial charge in [-0.3, -0.25) is 0 Å². The molecule has 1 unspecified atom stereocenters. The third-order valence-corrected chi connectivity index (χ3v) is 3.19. The lowest BCUT2D eigenvalue weighted by molar-refractivity contribution is -0.142. The Hall–Kier alpha value is -1.71. The van der Waals surface area contributed by atoms with Crippen molar-refractivity contribution < 1.29 is 14.6 Å². The maximum atomic E-state index is 11.3. The van der Waals surface area contributed by atoms with E-state index in [1.54, 1.807) is 7.11 Å². The van der Waals surface area contributed by atoms with Gasteiger partial charge in [0.05, 0.1) is 7.11 Å². The average Bonchev–Trinajstić information content (AvgIpc) is 2.67.